The van der Waals surface area contributed by atoms with Crippen LogP contribution in [0, 0.1) is 0 Å². The van der Waals surface area contributed by atoms with E-state index in [-0.39, 0.29) is 0 Å². The molecule has 2 nitrogen and oxygen atoms in total. The number of hydrogen-bond donors (Lipinski definition) is 0. The lowest BCUT2D eigenvalue weighted by molar-refractivity contribution is 0.305. The Labute approximate surface area is 90.8 Å². The van der Waals surface area contributed by atoms with Gasteiger partial charge in [-0.05, 0) is 36.3 Å². The molecule has 0 unspecified atom stereocenters. The predicted molar refractivity (Wildman–Crippen MR) is 62.8 cm³/mol. The Hall–Kier alpha value is -1.70. The van der Waals surface area contributed by atoms with Crippen molar-refractivity contribution in [2.45, 2.75) is 6.92 Å². The maximum atomic E-state index is 5.20. The maximum Gasteiger partial charge on any atom is 0.121 e. The molecule has 0 spiro atoms. The van der Waals surface area contributed by atoms with Crippen LogP contribution in [0.1, 0.15) is 12.5 Å². The molecule has 0 fully saturated rings. The fourth-order valence-corrected chi connectivity index (χ4v) is 1.21. The molecule has 0 amide bonds. The number of benzene rings is 1. The minimum atomic E-state index is 0.792. The summed E-state index contributed by atoms with van der Waals surface area (Å²) in [7, 11) is 3.29. The molecule has 1 rings (SSSR count). The van der Waals surface area contributed by atoms with Crippen molar-refractivity contribution in [3.05, 3.63) is 47.7 Å². The van der Waals surface area contributed by atoms with Gasteiger partial charge in [-0.15, -0.1) is 0 Å². The molecule has 0 bridgehead atoms. The summed E-state index contributed by atoms with van der Waals surface area (Å²) in [5.41, 5.74) is 1.98. The molecular weight excluding hydrogens is 188 g/mol. The first-order valence-corrected chi connectivity index (χ1v) is 4.73. The van der Waals surface area contributed by atoms with E-state index >= 15 is 0 Å². The van der Waals surface area contributed by atoms with Crippen LogP contribution in [-0.4, -0.2) is 14.2 Å². The second-order valence-corrected chi connectivity index (χ2v) is 3.27. The summed E-state index contributed by atoms with van der Waals surface area (Å²) < 4.78 is 10.3. The highest BCUT2D eigenvalue weighted by atomic mass is 16.5. The molecule has 0 atom stereocenters. The van der Waals surface area contributed by atoms with Crippen molar-refractivity contribution >= 4 is 6.08 Å². The zero-order valence-corrected chi connectivity index (χ0v) is 9.41. The van der Waals surface area contributed by atoms with Gasteiger partial charge in [0, 0.05) is 0 Å². The van der Waals surface area contributed by atoms with Gasteiger partial charge in [0.1, 0.15) is 11.5 Å². The van der Waals surface area contributed by atoms with Gasteiger partial charge in [0.2, 0.25) is 0 Å². The number of rotatable bonds is 4. The molecule has 15 heavy (non-hydrogen) atoms. The SMILES string of the molecule is C=C(C)/C(=C/c1ccc(OC)cc1)OC. The van der Waals surface area contributed by atoms with Gasteiger partial charge in [0.15, 0.2) is 0 Å². The Balaban J connectivity index is 2.92. The zero-order chi connectivity index (χ0) is 11.3. The summed E-state index contributed by atoms with van der Waals surface area (Å²) in [6, 6.07) is 7.77. The number of allylic oxidation sites excluding steroid dienone is 1. The van der Waals surface area contributed by atoms with Crippen LogP contribution in [0.15, 0.2) is 42.2 Å². The van der Waals surface area contributed by atoms with E-state index in [0.717, 1.165) is 22.6 Å². The molecular formula is C13H16O2. The quantitative estimate of drug-likeness (QED) is 0.553. The molecule has 0 aliphatic carbocycles. The lowest BCUT2D eigenvalue weighted by Crippen LogP contribution is -1.88. The fraction of sp³-hybridized carbons (Fsp3) is 0.231. The molecule has 0 saturated carbocycles. The van der Waals surface area contributed by atoms with Gasteiger partial charge in [-0.1, -0.05) is 18.7 Å². The first-order chi connectivity index (χ1) is 7.17. The number of hydrogen-bond acceptors (Lipinski definition) is 2. The van der Waals surface area contributed by atoms with Crippen LogP contribution >= 0.6 is 0 Å². The Bertz CT molecular complexity index is 361. The average Bonchev–Trinajstić information content (AvgIpc) is 2.26. The normalized spacial score (nSPS) is 11.0. The molecule has 0 heterocycles. The minimum Gasteiger partial charge on any atom is -0.497 e. The summed E-state index contributed by atoms with van der Waals surface area (Å²) in [6.07, 6.45) is 1.95. The van der Waals surface area contributed by atoms with E-state index in [1.807, 2.05) is 37.3 Å². The Morgan fingerprint density at radius 3 is 2.20 bits per heavy atom. The van der Waals surface area contributed by atoms with Crippen LogP contribution in [-0.2, 0) is 4.74 Å². The maximum absolute atomic E-state index is 5.20. The Morgan fingerprint density at radius 1 is 1.20 bits per heavy atom. The lowest BCUT2D eigenvalue weighted by atomic mass is 10.1. The van der Waals surface area contributed by atoms with E-state index in [0.29, 0.717) is 0 Å². The van der Waals surface area contributed by atoms with Gasteiger partial charge in [0.05, 0.1) is 14.2 Å². The third-order valence-corrected chi connectivity index (χ3v) is 2.05. The second-order valence-electron chi connectivity index (χ2n) is 3.27. The predicted octanol–water partition coefficient (Wildman–Crippen LogP) is 3.26. The van der Waals surface area contributed by atoms with E-state index in [1.54, 1.807) is 14.2 Å². The van der Waals surface area contributed by atoms with E-state index in [4.69, 9.17) is 9.47 Å². The third-order valence-electron chi connectivity index (χ3n) is 2.05. The molecule has 0 radical (unpaired) electrons. The summed E-state index contributed by atoms with van der Waals surface area (Å²) in [4.78, 5) is 0. The van der Waals surface area contributed by atoms with Crippen molar-refractivity contribution in [3.63, 3.8) is 0 Å². The number of ether oxygens (including phenoxy) is 2. The van der Waals surface area contributed by atoms with Gasteiger partial charge in [-0.2, -0.15) is 0 Å². The van der Waals surface area contributed by atoms with Crippen LogP contribution in [0.3, 0.4) is 0 Å². The molecule has 0 aromatic heterocycles. The summed E-state index contributed by atoms with van der Waals surface area (Å²) in [5, 5.41) is 0. The summed E-state index contributed by atoms with van der Waals surface area (Å²) >= 11 is 0. The molecule has 0 N–H and O–H groups in total. The van der Waals surface area contributed by atoms with E-state index in [9.17, 15) is 0 Å². The van der Waals surface area contributed by atoms with Gasteiger partial charge < -0.3 is 9.47 Å². The molecule has 1 aromatic carbocycles. The van der Waals surface area contributed by atoms with Gasteiger partial charge >= 0.3 is 0 Å². The van der Waals surface area contributed by atoms with E-state index < -0.39 is 0 Å². The summed E-state index contributed by atoms with van der Waals surface area (Å²) in [5.74, 6) is 1.64. The molecule has 0 saturated heterocycles. The van der Waals surface area contributed by atoms with Crippen LogP contribution in [0.25, 0.3) is 6.08 Å². The van der Waals surface area contributed by atoms with Gasteiger partial charge in [-0.3, -0.25) is 0 Å². The van der Waals surface area contributed by atoms with Gasteiger partial charge in [0.25, 0.3) is 0 Å². The highest BCUT2D eigenvalue weighted by Crippen LogP contribution is 2.16. The monoisotopic (exact) mass is 204 g/mol. The molecule has 0 aliphatic rings. The molecule has 0 aliphatic heterocycles. The topological polar surface area (TPSA) is 18.5 Å². The van der Waals surface area contributed by atoms with Crippen molar-refractivity contribution in [2.75, 3.05) is 14.2 Å². The Morgan fingerprint density at radius 2 is 1.80 bits per heavy atom. The van der Waals surface area contributed by atoms with Crippen molar-refractivity contribution in [3.8, 4) is 5.75 Å². The third kappa shape index (κ3) is 3.17. The highest BCUT2D eigenvalue weighted by molar-refractivity contribution is 5.56. The lowest BCUT2D eigenvalue weighted by Gasteiger charge is -2.05. The van der Waals surface area contributed by atoms with E-state index in [2.05, 4.69) is 6.58 Å². The summed E-state index contributed by atoms with van der Waals surface area (Å²) in [6.45, 7) is 5.75. The molecule has 1 aromatic rings. The van der Waals surface area contributed by atoms with Crippen molar-refractivity contribution in [1.29, 1.82) is 0 Å². The second kappa shape index (κ2) is 5.25. The zero-order valence-electron chi connectivity index (χ0n) is 9.41. The molecule has 80 valence electrons. The highest BCUT2D eigenvalue weighted by Gasteiger charge is 1.97. The first kappa shape index (κ1) is 11.4. The van der Waals surface area contributed by atoms with Crippen molar-refractivity contribution in [1.82, 2.24) is 0 Å². The van der Waals surface area contributed by atoms with Crippen LogP contribution in [0.5, 0.6) is 5.75 Å². The molecule has 2 heteroatoms. The minimum absolute atomic E-state index is 0.792. The van der Waals surface area contributed by atoms with Crippen LogP contribution < -0.4 is 4.74 Å². The van der Waals surface area contributed by atoms with Crippen LogP contribution in [0.2, 0.25) is 0 Å². The van der Waals surface area contributed by atoms with Crippen LogP contribution in [0.4, 0.5) is 0 Å². The first-order valence-electron chi connectivity index (χ1n) is 4.73. The van der Waals surface area contributed by atoms with Gasteiger partial charge in [-0.25, -0.2) is 0 Å². The fourth-order valence-electron chi connectivity index (χ4n) is 1.21. The number of methoxy groups -OCH3 is 2. The Kier molecular flexibility index (Phi) is 3.98. The van der Waals surface area contributed by atoms with Crippen molar-refractivity contribution < 1.29 is 9.47 Å². The standard InChI is InChI=1S/C13H16O2/c1-10(2)13(15-4)9-11-5-7-12(14-3)8-6-11/h5-9H,1H2,2-4H3/b13-9-. The average molecular weight is 204 g/mol. The smallest absolute Gasteiger partial charge is 0.121 e. The largest absolute Gasteiger partial charge is 0.497 e. The van der Waals surface area contributed by atoms with E-state index in [1.165, 1.54) is 0 Å². The van der Waals surface area contributed by atoms with Crippen molar-refractivity contribution in [2.24, 2.45) is 0 Å².